The summed E-state index contributed by atoms with van der Waals surface area (Å²) in [4.78, 5) is 11.7. The van der Waals surface area contributed by atoms with Crippen LogP contribution < -0.4 is 0 Å². The first-order valence-electron chi connectivity index (χ1n) is 5.85. The first-order valence-corrected chi connectivity index (χ1v) is 6.23. The molecule has 1 heterocycles. The largest absolute Gasteiger partial charge is 0.331 e. The fourth-order valence-electron chi connectivity index (χ4n) is 2.21. The van der Waals surface area contributed by atoms with Crippen LogP contribution in [0.15, 0.2) is 18.2 Å². The third kappa shape index (κ3) is 1.98. The van der Waals surface area contributed by atoms with Crippen molar-refractivity contribution in [2.45, 2.75) is 33.7 Å². The van der Waals surface area contributed by atoms with Crippen LogP contribution in [0.3, 0.4) is 0 Å². The van der Waals surface area contributed by atoms with E-state index in [1.54, 1.807) is 6.92 Å². The van der Waals surface area contributed by atoms with E-state index in [0.717, 1.165) is 29.4 Å². The van der Waals surface area contributed by atoms with Gasteiger partial charge in [-0.2, -0.15) is 0 Å². The topological polar surface area (TPSA) is 22.0 Å². The van der Waals surface area contributed by atoms with Crippen molar-refractivity contribution in [3.05, 3.63) is 34.5 Å². The molecule has 0 saturated heterocycles. The Labute approximate surface area is 106 Å². The summed E-state index contributed by atoms with van der Waals surface area (Å²) in [6.07, 6.45) is 0.995. The number of benzene rings is 1. The van der Waals surface area contributed by atoms with Crippen LogP contribution in [0.25, 0.3) is 10.9 Å². The number of aromatic nitrogens is 1. The lowest BCUT2D eigenvalue weighted by atomic mass is 10.1. The molecular formula is C14H16ClNO. The van der Waals surface area contributed by atoms with Crippen molar-refractivity contribution in [3.8, 4) is 0 Å². The molecule has 0 aliphatic carbocycles. The highest BCUT2D eigenvalue weighted by molar-refractivity contribution is 6.35. The Morgan fingerprint density at radius 2 is 2.12 bits per heavy atom. The molecule has 0 amide bonds. The summed E-state index contributed by atoms with van der Waals surface area (Å²) < 4.78 is 2.02. The van der Waals surface area contributed by atoms with Crippen molar-refractivity contribution in [1.82, 2.24) is 4.57 Å². The van der Waals surface area contributed by atoms with Crippen LogP contribution in [0.5, 0.6) is 0 Å². The predicted molar refractivity (Wildman–Crippen MR) is 72.0 cm³/mol. The molecule has 3 heteroatoms. The smallest absolute Gasteiger partial charge is 0.163 e. The summed E-state index contributed by atoms with van der Waals surface area (Å²) in [7, 11) is 0. The van der Waals surface area contributed by atoms with Crippen molar-refractivity contribution in [2.75, 3.05) is 0 Å². The standard InChI is InChI=1S/C14H16ClNO/c1-4-7-16-12-6-5-9(2)8-11(12)13(10(3)17)14(16)15/h5-6,8H,4,7H2,1-3H3. The first kappa shape index (κ1) is 12.2. The first-order chi connectivity index (χ1) is 8.06. The van der Waals surface area contributed by atoms with Crippen LogP contribution >= 0.6 is 11.6 Å². The van der Waals surface area contributed by atoms with Crippen LogP contribution in [0.1, 0.15) is 36.2 Å². The van der Waals surface area contributed by atoms with E-state index in [1.807, 2.05) is 23.6 Å². The predicted octanol–water partition coefficient (Wildman–Crippen LogP) is 4.22. The summed E-state index contributed by atoms with van der Waals surface area (Å²) in [5.74, 6) is 0.0282. The number of nitrogens with zero attached hydrogens (tertiary/aromatic N) is 1. The summed E-state index contributed by atoms with van der Waals surface area (Å²) in [6, 6.07) is 6.12. The number of hydrogen-bond donors (Lipinski definition) is 0. The Balaban J connectivity index is 2.83. The molecule has 0 aliphatic rings. The van der Waals surface area contributed by atoms with Crippen molar-refractivity contribution >= 4 is 28.3 Å². The molecule has 0 atom stereocenters. The minimum Gasteiger partial charge on any atom is -0.331 e. The average molecular weight is 250 g/mol. The Hall–Kier alpha value is -1.28. The van der Waals surface area contributed by atoms with E-state index in [4.69, 9.17) is 11.6 Å². The van der Waals surface area contributed by atoms with Gasteiger partial charge in [-0.05, 0) is 32.4 Å². The highest BCUT2D eigenvalue weighted by Crippen LogP contribution is 2.31. The molecule has 2 aromatic rings. The summed E-state index contributed by atoms with van der Waals surface area (Å²) in [5, 5.41) is 1.54. The molecule has 0 bridgehead atoms. The fourth-order valence-corrected chi connectivity index (χ4v) is 2.62. The molecule has 0 fully saturated rings. The van der Waals surface area contributed by atoms with E-state index < -0.39 is 0 Å². The number of rotatable bonds is 3. The Bertz CT molecular complexity index is 583. The third-order valence-corrected chi connectivity index (χ3v) is 3.35. The SMILES string of the molecule is CCCn1c(Cl)c(C(C)=O)c2cc(C)ccc21. The van der Waals surface area contributed by atoms with Crippen LogP contribution in [0, 0.1) is 6.92 Å². The fraction of sp³-hybridized carbons (Fsp3) is 0.357. The zero-order valence-corrected chi connectivity index (χ0v) is 11.1. The molecule has 90 valence electrons. The monoisotopic (exact) mass is 249 g/mol. The number of fused-ring (bicyclic) bond motifs is 1. The van der Waals surface area contributed by atoms with E-state index in [2.05, 4.69) is 13.0 Å². The Kier molecular flexibility index (Phi) is 3.25. The van der Waals surface area contributed by atoms with Gasteiger partial charge in [0.15, 0.2) is 5.78 Å². The molecule has 0 N–H and O–H groups in total. The lowest BCUT2D eigenvalue weighted by Gasteiger charge is -2.04. The van der Waals surface area contributed by atoms with Gasteiger partial charge >= 0.3 is 0 Å². The maximum absolute atomic E-state index is 11.7. The van der Waals surface area contributed by atoms with Crippen molar-refractivity contribution in [1.29, 1.82) is 0 Å². The molecule has 17 heavy (non-hydrogen) atoms. The number of halogens is 1. The van der Waals surface area contributed by atoms with Crippen LogP contribution in [0.2, 0.25) is 5.15 Å². The number of carbonyl (C=O) groups is 1. The molecule has 0 spiro atoms. The number of carbonyl (C=O) groups excluding carboxylic acids is 1. The Morgan fingerprint density at radius 3 is 2.71 bits per heavy atom. The van der Waals surface area contributed by atoms with E-state index in [0.29, 0.717) is 10.7 Å². The lowest BCUT2D eigenvalue weighted by Crippen LogP contribution is -1.97. The van der Waals surface area contributed by atoms with Gasteiger partial charge < -0.3 is 4.57 Å². The van der Waals surface area contributed by atoms with Gasteiger partial charge in [-0.1, -0.05) is 30.2 Å². The van der Waals surface area contributed by atoms with Crippen molar-refractivity contribution in [3.63, 3.8) is 0 Å². The van der Waals surface area contributed by atoms with E-state index >= 15 is 0 Å². The molecule has 2 rings (SSSR count). The molecular weight excluding hydrogens is 234 g/mol. The van der Waals surface area contributed by atoms with Crippen molar-refractivity contribution < 1.29 is 4.79 Å². The average Bonchev–Trinajstić information content (AvgIpc) is 2.52. The summed E-state index contributed by atoms with van der Waals surface area (Å²) >= 11 is 6.32. The van der Waals surface area contributed by atoms with E-state index in [9.17, 15) is 4.79 Å². The summed E-state index contributed by atoms with van der Waals surface area (Å²) in [6.45, 7) is 6.53. The van der Waals surface area contributed by atoms with Gasteiger partial charge in [0.1, 0.15) is 5.15 Å². The van der Waals surface area contributed by atoms with Crippen LogP contribution in [-0.2, 0) is 6.54 Å². The molecule has 0 unspecified atom stereocenters. The molecule has 2 nitrogen and oxygen atoms in total. The second kappa shape index (κ2) is 4.53. The minimum atomic E-state index is 0.0282. The van der Waals surface area contributed by atoms with E-state index in [1.165, 1.54) is 0 Å². The van der Waals surface area contributed by atoms with E-state index in [-0.39, 0.29) is 5.78 Å². The second-order valence-corrected chi connectivity index (χ2v) is 4.75. The molecule has 0 aliphatic heterocycles. The second-order valence-electron chi connectivity index (χ2n) is 4.39. The number of ketones is 1. The van der Waals surface area contributed by atoms with Crippen molar-refractivity contribution in [2.24, 2.45) is 0 Å². The van der Waals surface area contributed by atoms with Crippen LogP contribution in [-0.4, -0.2) is 10.4 Å². The van der Waals surface area contributed by atoms with Gasteiger partial charge in [0.25, 0.3) is 0 Å². The van der Waals surface area contributed by atoms with Gasteiger partial charge in [0.2, 0.25) is 0 Å². The number of Topliss-reactive ketones (excluding diaryl/α,β-unsaturated/α-hetero) is 1. The Morgan fingerprint density at radius 1 is 1.41 bits per heavy atom. The number of hydrogen-bond acceptors (Lipinski definition) is 1. The normalized spacial score (nSPS) is 11.1. The maximum Gasteiger partial charge on any atom is 0.163 e. The third-order valence-electron chi connectivity index (χ3n) is 2.95. The van der Waals surface area contributed by atoms with Gasteiger partial charge in [-0.3, -0.25) is 4.79 Å². The van der Waals surface area contributed by atoms with Crippen LogP contribution in [0.4, 0.5) is 0 Å². The maximum atomic E-state index is 11.7. The zero-order valence-electron chi connectivity index (χ0n) is 10.4. The van der Waals surface area contributed by atoms with Gasteiger partial charge in [-0.15, -0.1) is 0 Å². The highest BCUT2D eigenvalue weighted by Gasteiger charge is 2.18. The highest BCUT2D eigenvalue weighted by atomic mass is 35.5. The van der Waals surface area contributed by atoms with Gasteiger partial charge in [-0.25, -0.2) is 0 Å². The quantitative estimate of drug-likeness (QED) is 0.747. The molecule has 0 radical (unpaired) electrons. The number of aryl methyl sites for hydroxylation is 2. The minimum absolute atomic E-state index is 0.0282. The summed E-state index contributed by atoms with van der Waals surface area (Å²) in [5.41, 5.74) is 2.84. The molecule has 0 saturated carbocycles. The van der Waals surface area contributed by atoms with Gasteiger partial charge in [0, 0.05) is 17.4 Å². The lowest BCUT2D eigenvalue weighted by molar-refractivity contribution is 0.101. The molecule has 1 aromatic heterocycles. The van der Waals surface area contributed by atoms with Gasteiger partial charge in [0.05, 0.1) is 5.56 Å². The molecule has 1 aromatic carbocycles. The zero-order chi connectivity index (χ0) is 12.6.